The molecule has 1 aliphatic rings. The minimum atomic E-state index is -3.20. The van der Waals surface area contributed by atoms with Gasteiger partial charge in [-0.15, -0.1) is 0 Å². The molecule has 0 heterocycles. The number of sulfone groups is 1. The number of hydrogen-bond acceptors (Lipinski definition) is 4. The van der Waals surface area contributed by atoms with Crippen molar-refractivity contribution in [1.82, 2.24) is 5.32 Å². The van der Waals surface area contributed by atoms with Gasteiger partial charge < -0.3 is 5.32 Å². The standard InChI is InChI=1S/C16H25NO2S2/c1-12-4-8-16(9-5-12)21(18,19)11-13(2)17-14-6-7-15(10-14)20-3/h4-5,8-9,13-15,17H,6-7,10-11H2,1-3H3. The second-order valence-electron chi connectivity index (χ2n) is 6.03. The van der Waals surface area contributed by atoms with Crippen molar-refractivity contribution in [2.75, 3.05) is 12.0 Å². The van der Waals surface area contributed by atoms with E-state index < -0.39 is 9.84 Å². The summed E-state index contributed by atoms with van der Waals surface area (Å²) in [6, 6.07) is 7.57. The SMILES string of the molecule is CSC1CCC(NC(C)CS(=O)(=O)c2ccc(C)cc2)C1. The van der Waals surface area contributed by atoms with Crippen LogP contribution in [-0.2, 0) is 9.84 Å². The molecule has 2 rings (SSSR count). The number of rotatable bonds is 6. The number of benzene rings is 1. The third-order valence-electron chi connectivity index (χ3n) is 4.09. The Kier molecular flexibility index (Phi) is 5.74. The highest BCUT2D eigenvalue weighted by molar-refractivity contribution is 7.99. The maximum atomic E-state index is 12.4. The van der Waals surface area contributed by atoms with Crippen molar-refractivity contribution in [2.45, 2.75) is 55.3 Å². The molecule has 5 heteroatoms. The first-order chi connectivity index (χ1) is 9.90. The van der Waals surface area contributed by atoms with Gasteiger partial charge in [0.25, 0.3) is 0 Å². The first kappa shape index (κ1) is 16.8. The summed E-state index contributed by atoms with van der Waals surface area (Å²) in [5.74, 6) is 0.163. The first-order valence-corrected chi connectivity index (χ1v) is 10.4. The molecule has 0 spiro atoms. The monoisotopic (exact) mass is 327 g/mol. The molecule has 118 valence electrons. The van der Waals surface area contributed by atoms with E-state index in [1.54, 1.807) is 12.1 Å². The number of hydrogen-bond donors (Lipinski definition) is 1. The van der Waals surface area contributed by atoms with E-state index in [1.165, 1.54) is 6.42 Å². The maximum absolute atomic E-state index is 12.4. The largest absolute Gasteiger partial charge is 0.310 e. The molecule has 3 unspecified atom stereocenters. The molecule has 1 N–H and O–H groups in total. The van der Waals surface area contributed by atoms with Crippen LogP contribution in [0.25, 0.3) is 0 Å². The maximum Gasteiger partial charge on any atom is 0.179 e. The van der Waals surface area contributed by atoms with E-state index in [2.05, 4.69) is 11.6 Å². The van der Waals surface area contributed by atoms with Crippen LogP contribution in [0.4, 0.5) is 0 Å². The molecule has 0 saturated heterocycles. The molecule has 1 aromatic carbocycles. The van der Waals surface area contributed by atoms with Gasteiger partial charge in [-0.05, 0) is 51.5 Å². The van der Waals surface area contributed by atoms with E-state index in [0.717, 1.165) is 23.7 Å². The molecule has 1 fully saturated rings. The van der Waals surface area contributed by atoms with Crippen LogP contribution in [0.1, 0.15) is 31.7 Å². The van der Waals surface area contributed by atoms with E-state index in [4.69, 9.17) is 0 Å². The quantitative estimate of drug-likeness (QED) is 0.872. The smallest absolute Gasteiger partial charge is 0.179 e. The van der Waals surface area contributed by atoms with Crippen molar-refractivity contribution in [2.24, 2.45) is 0 Å². The Bertz CT molecular complexity index is 554. The number of nitrogens with one attached hydrogen (secondary N) is 1. The lowest BCUT2D eigenvalue weighted by atomic mass is 10.2. The van der Waals surface area contributed by atoms with Crippen LogP contribution in [0.5, 0.6) is 0 Å². The fraction of sp³-hybridized carbons (Fsp3) is 0.625. The average Bonchev–Trinajstić information content (AvgIpc) is 2.86. The lowest BCUT2D eigenvalue weighted by molar-refractivity contribution is 0.469. The molecule has 0 radical (unpaired) electrons. The van der Waals surface area contributed by atoms with Gasteiger partial charge in [-0.1, -0.05) is 17.7 Å². The Balaban J connectivity index is 1.92. The van der Waals surface area contributed by atoms with E-state index >= 15 is 0 Å². The van der Waals surface area contributed by atoms with Gasteiger partial charge in [-0.3, -0.25) is 0 Å². The van der Waals surface area contributed by atoms with Crippen LogP contribution in [0.15, 0.2) is 29.2 Å². The molecule has 0 bridgehead atoms. The second-order valence-corrected chi connectivity index (χ2v) is 9.20. The first-order valence-electron chi connectivity index (χ1n) is 7.49. The van der Waals surface area contributed by atoms with Crippen LogP contribution in [0.2, 0.25) is 0 Å². The fourth-order valence-electron chi connectivity index (χ4n) is 2.93. The van der Waals surface area contributed by atoms with Gasteiger partial charge in [-0.2, -0.15) is 11.8 Å². The zero-order valence-corrected chi connectivity index (χ0v) is 14.6. The van der Waals surface area contributed by atoms with E-state index in [-0.39, 0.29) is 11.8 Å². The lowest BCUT2D eigenvalue weighted by Gasteiger charge is -2.19. The predicted molar refractivity (Wildman–Crippen MR) is 90.8 cm³/mol. The van der Waals surface area contributed by atoms with Gasteiger partial charge >= 0.3 is 0 Å². The highest BCUT2D eigenvalue weighted by atomic mass is 32.2. The zero-order chi connectivity index (χ0) is 15.5. The molecule has 1 aliphatic carbocycles. The Morgan fingerprint density at radius 2 is 1.95 bits per heavy atom. The highest BCUT2D eigenvalue weighted by Gasteiger charge is 2.26. The zero-order valence-electron chi connectivity index (χ0n) is 13.0. The summed E-state index contributed by atoms with van der Waals surface area (Å²) in [6.45, 7) is 3.93. The minimum absolute atomic E-state index is 0.0121. The molecule has 1 aromatic rings. The van der Waals surface area contributed by atoms with Gasteiger partial charge in [0.2, 0.25) is 0 Å². The Labute approximate surface area is 132 Å². The van der Waals surface area contributed by atoms with Crippen molar-refractivity contribution in [3.05, 3.63) is 29.8 Å². The summed E-state index contributed by atoms with van der Waals surface area (Å²) >= 11 is 1.92. The Morgan fingerprint density at radius 1 is 1.29 bits per heavy atom. The molecule has 0 aromatic heterocycles. The van der Waals surface area contributed by atoms with Gasteiger partial charge in [0.1, 0.15) is 0 Å². The number of thioether (sulfide) groups is 1. The Hall–Kier alpha value is -0.520. The minimum Gasteiger partial charge on any atom is -0.310 e. The van der Waals surface area contributed by atoms with Crippen molar-refractivity contribution < 1.29 is 8.42 Å². The highest BCUT2D eigenvalue weighted by Crippen LogP contribution is 2.28. The van der Waals surface area contributed by atoms with Crippen LogP contribution in [-0.4, -0.2) is 37.8 Å². The van der Waals surface area contributed by atoms with Crippen LogP contribution in [0.3, 0.4) is 0 Å². The molecular formula is C16H25NO2S2. The molecule has 1 saturated carbocycles. The van der Waals surface area contributed by atoms with Crippen molar-refractivity contribution >= 4 is 21.6 Å². The molecule has 0 amide bonds. The summed E-state index contributed by atoms with van der Waals surface area (Å²) in [6.07, 6.45) is 5.69. The van der Waals surface area contributed by atoms with Gasteiger partial charge in [0.05, 0.1) is 10.6 Å². The van der Waals surface area contributed by atoms with Crippen LogP contribution >= 0.6 is 11.8 Å². The summed E-state index contributed by atoms with van der Waals surface area (Å²) in [5.41, 5.74) is 1.08. The third kappa shape index (κ3) is 4.73. The summed E-state index contributed by atoms with van der Waals surface area (Å²) < 4.78 is 24.8. The van der Waals surface area contributed by atoms with Crippen LogP contribution in [0, 0.1) is 6.92 Å². The van der Waals surface area contributed by atoms with Gasteiger partial charge in [0.15, 0.2) is 9.84 Å². The third-order valence-corrected chi connectivity index (χ3v) is 7.11. The van der Waals surface area contributed by atoms with E-state index in [0.29, 0.717) is 10.9 Å². The Morgan fingerprint density at radius 3 is 2.52 bits per heavy atom. The topological polar surface area (TPSA) is 46.2 Å². The molecule has 3 atom stereocenters. The van der Waals surface area contributed by atoms with Crippen molar-refractivity contribution in [3.63, 3.8) is 0 Å². The second kappa shape index (κ2) is 7.16. The van der Waals surface area contributed by atoms with Gasteiger partial charge in [0, 0.05) is 17.3 Å². The molecule has 3 nitrogen and oxygen atoms in total. The fourth-order valence-corrected chi connectivity index (χ4v) is 5.22. The van der Waals surface area contributed by atoms with E-state index in [1.807, 2.05) is 37.7 Å². The molecule has 21 heavy (non-hydrogen) atoms. The summed E-state index contributed by atoms with van der Waals surface area (Å²) in [7, 11) is -3.20. The van der Waals surface area contributed by atoms with Crippen LogP contribution < -0.4 is 5.32 Å². The van der Waals surface area contributed by atoms with Crippen molar-refractivity contribution in [1.29, 1.82) is 0 Å². The molecular weight excluding hydrogens is 302 g/mol. The molecule has 0 aliphatic heterocycles. The van der Waals surface area contributed by atoms with Crippen molar-refractivity contribution in [3.8, 4) is 0 Å². The average molecular weight is 328 g/mol. The summed E-state index contributed by atoms with van der Waals surface area (Å²) in [4.78, 5) is 0.426. The van der Waals surface area contributed by atoms with E-state index in [9.17, 15) is 8.42 Å². The lowest BCUT2D eigenvalue weighted by Crippen LogP contribution is -2.39. The van der Waals surface area contributed by atoms with Gasteiger partial charge in [-0.25, -0.2) is 8.42 Å². The normalized spacial score (nSPS) is 24.1. The number of aryl methyl sites for hydroxylation is 1. The predicted octanol–water partition coefficient (Wildman–Crippen LogP) is 3.03. The summed E-state index contributed by atoms with van der Waals surface area (Å²) in [5, 5.41) is 4.21.